The van der Waals surface area contributed by atoms with Crippen LogP contribution < -0.4 is 0 Å². The third-order valence-electron chi connectivity index (χ3n) is 1.72. The van der Waals surface area contributed by atoms with E-state index < -0.39 is 5.97 Å². The van der Waals surface area contributed by atoms with Gasteiger partial charge in [-0.1, -0.05) is 0 Å². The molecular formula is C7H12N4O3. The average molecular weight is 200 g/mol. The molecule has 1 aromatic rings. The molecule has 1 rings (SSSR count). The molecule has 14 heavy (non-hydrogen) atoms. The number of hydrogen-bond donors (Lipinski definition) is 1. The Bertz CT molecular complexity index is 312. The van der Waals surface area contributed by atoms with E-state index in [0.29, 0.717) is 5.82 Å². The normalized spacial score (nSPS) is 12.7. The van der Waals surface area contributed by atoms with Crippen LogP contribution in [0.15, 0.2) is 0 Å². The van der Waals surface area contributed by atoms with Crippen molar-refractivity contribution in [3.63, 3.8) is 0 Å². The minimum atomic E-state index is -0.878. The van der Waals surface area contributed by atoms with E-state index in [1.807, 2.05) is 0 Å². The van der Waals surface area contributed by atoms with Crippen molar-refractivity contribution < 1.29 is 14.6 Å². The quantitative estimate of drug-likeness (QED) is 0.711. The maximum atomic E-state index is 10.5. The molecule has 0 spiro atoms. The van der Waals surface area contributed by atoms with E-state index in [2.05, 4.69) is 15.5 Å². The van der Waals surface area contributed by atoms with Crippen LogP contribution in [-0.2, 0) is 16.1 Å². The largest absolute Gasteiger partial charge is 0.481 e. The van der Waals surface area contributed by atoms with Gasteiger partial charge in [-0.25, -0.2) is 4.68 Å². The second kappa shape index (κ2) is 4.66. The summed E-state index contributed by atoms with van der Waals surface area (Å²) >= 11 is 0. The summed E-state index contributed by atoms with van der Waals surface area (Å²) in [5, 5.41) is 19.5. The van der Waals surface area contributed by atoms with Crippen LogP contribution in [0.5, 0.6) is 0 Å². The lowest BCUT2D eigenvalue weighted by Crippen LogP contribution is -2.15. The molecule has 0 saturated carbocycles. The first-order chi connectivity index (χ1) is 6.65. The maximum absolute atomic E-state index is 10.5. The van der Waals surface area contributed by atoms with E-state index in [0.717, 1.165) is 0 Å². The monoisotopic (exact) mass is 200 g/mol. The number of methoxy groups -OCH3 is 1. The summed E-state index contributed by atoms with van der Waals surface area (Å²) in [5.41, 5.74) is 0. The SMILES string of the molecule is COCc1nnnn1C(C)CC(=O)O. The van der Waals surface area contributed by atoms with Crippen molar-refractivity contribution in [3.05, 3.63) is 5.82 Å². The molecule has 0 aromatic carbocycles. The van der Waals surface area contributed by atoms with Gasteiger partial charge in [-0.15, -0.1) is 5.10 Å². The van der Waals surface area contributed by atoms with Crippen molar-refractivity contribution in [2.75, 3.05) is 7.11 Å². The Hall–Kier alpha value is -1.50. The van der Waals surface area contributed by atoms with Crippen molar-refractivity contribution in [2.45, 2.75) is 26.0 Å². The number of aliphatic carboxylic acids is 1. The number of carboxylic acids is 1. The zero-order valence-corrected chi connectivity index (χ0v) is 8.04. The fraction of sp³-hybridized carbons (Fsp3) is 0.714. The van der Waals surface area contributed by atoms with Gasteiger partial charge >= 0.3 is 5.97 Å². The molecule has 1 atom stereocenters. The van der Waals surface area contributed by atoms with Gasteiger partial charge in [-0.2, -0.15) is 0 Å². The Kier molecular flexibility index (Phi) is 3.52. The fourth-order valence-electron chi connectivity index (χ4n) is 1.12. The number of nitrogens with zero attached hydrogens (tertiary/aromatic N) is 4. The minimum absolute atomic E-state index is 0.0121. The third kappa shape index (κ3) is 2.49. The molecule has 0 aliphatic rings. The fourth-order valence-corrected chi connectivity index (χ4v) is 1.12. The molecule has 7 heteroatoms. The van der Waals surface area contributed by atoms with Gasteiger partial charge in [0.05, 0.1) is 12.5 Å². The lowest BCUT2D eigenvalue weighted by atomic mass is 10.2. The number of ether oxygens (including phenoxy) is 1. The van der Waals surface area contributed by atoms with E-state index in [4.69, 9.17) is 9.84 Å². The highest BCUT2D eigenvalue weighted by Crippen LogP contribution is 2.10. The first-order valence-electron chi connectivity index (χ1n) is 4.12. The van der Waals surface area contributed by atoms with Gasteiger partial charge in [0.15, 0.2) is 5.82 Å². The van der Waals surface area contributed by atoms with Crippen molar-refractivity contribution in [1.82, 2.24) is 20.2 Å². The summed E-state index contributed by atoms with van der Waals surface area (Å²) in [6, 6.07) is -0.271. The number of aromatic nitrogens is 4. The summed E-state index contributed by atoms with van der Waals surface area (Å²) in [4.78, 5) is 10.5. The average Bonchev–Trinajstić information content (AvgIpc) is 2.51. The van der Waals surface area contributed by atoms with Crippen molar-refractivity contribution >= 4 is 5.97 Å². The molecule has 0 amide bonds. The molecule has 0 radical (unpaired) electrons. The third-order valence-corrected chi connectivity index (χ3v) is 1.72. The number of carbonyl (C=O) groups is 1. The zero-order chi connectivity index (χ0) is 10.6. The molecule has 0 saturated heterocycles. The van der Waals surface area contributed by atoms with Gasteiger partial charge in [0, 0.05) is 7.11 Å². The molecule has 0 aliphatic carbocycles. The van der Waals surface area contributed by atoms with E-state index in [-0.39, 0.29) is 19.1 Å². The van der Waals surface area contributed by atoms with Gasteiger partial charge in [-0.3, -0.25) is 4.79 Å². The van der Waals surface area contributed by atoms with E-state index in [1.54, 1.807) is 6.92 Å². The number of rotatable bonds is 5. The minimum Gasteiger partial charge on any atom is -0.481 e. The number of tetrazole rings is 1. The van der Waals surface area contributed by atoms with Gasteiger partial charge in [0.2, 0.25) is 0 Å². The maximum Gasteiger partial charge on any atom is 0.305 e. The van der Waals surface area contributed by atoms with Crippen molar-refractivity contribution in [2.24, 2.45) is 0 Å². The number of carboxylic acid groups (broad SMARTS) is 1. The van der Waals surface area contributed by atoms with Gasteiger partial charge < -0.3 is 9.84 Å². The van der Waals surface area contributed by atoms with Crippen LogP contribution in [0.3, 0.4) is 0 Å². The Morgan fingerprint density at radius 1 is 1.71 bits per heavy atom. The summed E-state index contributed by atoms with van der Waals surface area (Å²) in [5.74, 6) is -0.349. The van der Waals surface area contributed by atoms with Crippen LogP contribution in [0.2, 0.25) is 0 Å². The lowest BCUT2D eigenvalue weighted by molar-refractivity contribution is -0.137. The Balaban J connectivity index is 2.72. The first kappa shape index (κ1) is 10.6. The van der Waals surface area contributed by atoms with Gasteiger partial charge in [-0.05, 0) is 17.4 Å². The lowest BCUT2D eigenvalue weighted by Gasteiger charge is -2.09. The summed E-state index contributed by atoms with van der Waals surface area (Å²) in [6.07, 6.45) is -0.0121. The van der Waals surface area contributed by atoms with E-state index in [9.17, 15) is 4.79 Å². The number of hydrogen-bond acceptors (Lipinski definition) is 5. The predicted molar refractivity (Wildman–Crippen MR) is 45.5 cm³/mol. The smallest absolute Gasteiger partial charge is 0.305 e. The van der Waals surface area contributed by atoms with Crippen LogP contribution in [-0.4, -0.2) is 38.4 Å². The van der Waals surface area contributed by atoms with E-state index >= 15 is 0 Å². The predicted octanol–water partition coefficient (Wildman–Crippen LogP) is -0.145. The van der Waals surface area contributed by atoms with Gasteiger partial charge in [0.25, 0.3) is 0 Å². The van der Waals surface area contributed by atoms with Crippen molar-refractivity contribution in [3.8, 4) is 0 Å². The van der Waals surface area contributed by atoms with Crippen LogP contribution in [0.25, 0.3) is 0 Å². The zero-order valence-electron chi connectivity index (χ0n) is 8.04. The molecule has 7 nitrogen and oxygen atoms in total. The molecule has 1 N–H and O–H groups in total. The highest BCUT2D eigenvalue weighted by atomic mass is 16.5. The molecule has 0 aliphatic heterocycles. The van der Waals surface area contributed by atoms with Crippen LogP contribution in [0.4, 0.5) is 0 Å². The Morgan fingerprint density at radius 2 is 2.43 bits per heavy atom. The molecule has 1 unspecified atom stereocenters. The molecule has 1 heterocycles. The molecule has 78 valence electrons. The second-order valence-corrected chi connectivity index (χ2v) is 2.92. The standard InChI is InChI=1S/C7H12N4O3/c1-5(3-7(12)13)11-6(4-14-2)8-9-10-11/h5H,3-4H2,1-2H3,(H,12,13). The highest BCUT2D eigenvalue weighted by molar-refractivity contribution is 5.67. The summed E-state index contributed by atoms with van der Waals surface area (Å²) in [7, 11) is 1.53. The highest BCUT2D eigenvalue weighted by Gasteiger charge is 2.15. The van der Waals surface area contributed by atoms with E-state index in [1.165, 1.54) is 11.8 Å². The Labute approximate surface area is 80.7 Å². The molecule has 0 bridgehead atoms. The molecule has 0 fully saturated rings. The second-order valence-electron chi connectivity index (χ2n) is 2.92. The molecular weight excluding hydrogens is 188 g/mol. The topological polar surface area (TPSA) is 90.1 Å². The first-order valence-corrected chi connectivity index (χ1v) is 4.12. The molecule has 1 aromatic heterocycles. The summed E-state index contributed by atoms with van der Waals surface area (Å²) < 4.78 is 6.33. The van der Waals surface area contributed by atoms with Crippen LogP contribution in [0.1, 0.15) is 25.2 Å². The summed E-state index contributed by atoms with van der Waals surface area (Å²) in [6.45, 7) is 2.01. The van der Waals surface area contributed by atoms with Gasteiger partial charge in [0.1, 0.15) is 6.61 Å². The Morgan fingerprint density at radius 3 is 3.00 bits per heavy atom. The van der Waals surface area contributed by atoms with Crippen LogP contribution in [0, 0.1) is 0 Å². The van der Waals surface area contributed by atoms with Crippen LogP contribution >= 0.6 is 0 Å². The van der Waals surface area contributed by atoms with Crippen molar-refractivity contribution in [1.29, 1.82) is 0 Å².